The molecule has 8 heteroatoms. The second-order valence-corrected chi connectivity index (χ2v) is 8.59. The lowest BCUT2D eigenvalue weighted by molar-refractivity contribution is 0.0696. The first kappa shape index (κ1) is 25.8. The number of aliphatic hydroxyl groups excluding tert-OH is 1. The number of nitrogens with one attached hydrogen (secondary N) is 1. The van der Waals surface area contributed by atoms with Crippen molar-refractivity contribution < 1.29 is 24.5 Å². The molecule has 0 saturated carbocycles. The maximum Gasteiger partial charge on any atom is 0.335 e. The van der Waals surface area contributed by atoms with Gasteiger partial charge in [0.1, 0.15) is 17.2 Å². The molecule has 2 atom stereocenters. The minimum absolute atomic E-state index is 0. The molecule has 1 aliphatic rings. The number of hydrogen-bond donors (Lipinski definition) is 3. The first-order chi connectivity index (χ1) is 15.9. The third-order valence-corrected chi connectivity index (χ3v) is 6.07. The number of aryl methyl sites for hydroxylation is 1. The van der Waals surface area contributed by atoms with E-state index in [4.69, 9.17) is 21.1 Å². The predicted octanol–water partition coefficient (Wildman–Crippen LogP) is 5.44. The number of aromatic carboxylic acids is 1. The van der Waals surface area contributed by atoms with E-state index >= 15 is 0 Å². The molecule has 34 heavy (non-hydrogen) atoms. The monoisotopic (exact) mass is 503 g/mol. The molecule has 0 spiro atoms. The highest BCUT2D eigenvalue weighted by atomic mass is 35.5. The number of ether oxygens (including phenoxy) is 2. The minimum Gasteiger partial charge on any atom is -0.497 e. The Kier molecular flexibility index (Phi) is 8.80. The summed E-state index contributed by atoms with van der Waals surface area (Å²) in [6, 6.07) is 18.0. The lowest BCUT2D eigenvalue weighted by Gasteiger charge is -2.27. The van der Waals surface area contributed by atoms with Gasteiger partial charge in [0.2, 0.25) is 0 Å². The van der Waals surface area contributed by atoms with Crippen LogP contribution in [0, 0.1) is 0 Å². The third kappa shape index (κ3) is 6.42. The lowest BCUT2D eigenvalue weighted by Crippen LogP contribution is -2.37. The van der Waals surface area contributed by atoms with E-state index in [0.29, 0.717) is 28.8 Å². The van der Waals surface area contributed by atoms with Gasteiger partial charge in [-0.25, -0.2) is 4.79 Å². The van der Waals surface area contributed by atoms with Gasteiger partial charge in [-0.05, 0) is 72.4 Å². The van der Waals surface area contributed by atoms with Crippen molar-refractivity contribution in [2.45, 2.75) is 31.4 Å². The van der Waals surface area contributed by atoms with Gasteiger partial charge in [-0.1, -0.05) is 29.8 Å². The molecule has 180 valence electrons. The van der Waals surface area contributed by atoms with Crippen molar-refractivity contribution in [3.05, 3.63) is 87.9 Å². The Bertz CT molecular complexity index is 1150. The Hall–Kier alpha value is -2.77. The minimum atomic E-state index is -1.04. The largest absolute Gasteiger partial charge is 0.497 e. The second-order valence-electron chi connectivity index (χ2n) is 8.15. The molecule has 4 rings (SSSR count). The van der Waals surface area contributed by atoms with Crippen LogP contribution < -0.4 is 14.8 Å². The summed E-state index contributed by atoms with van der Waals surface area (Å²) in [7, 11) is 1.49. The summed E-state index contributed by atoms with van der Waals surface area (Å²) in [5.41, 5.74) is 3.34. The van der Waals surface area contributed by atoms with Crippen LogP contribution in [0.4, 0.5) is 0 Å². The van der Waals surface area contributed by atoms with E-state index < -0.39 is 12.1 Å². The normalized spacial score (nSPS) is 15.6. The highest BCUT2D eigenvalue weighted by molar-refractivity contribution is 6.30. The van der Waals surface area contributed by atoms with Crippen molar-refractivity contribution in [2.24, 2.45) is 0 Å². The smallest absolute Gasteiger partial charge is 0.335 e. The summed E-state index contributed by atoms with van der Waals surface area (Å²) in [5, 5.41) is 23.9. The van der Waals surface area contributed by atoms with Gasteiger partial charge in [-0.2, -0.15) is 0 Å². The van der Waals surface area contributed by atoms with Gasteiger partial charge in [-0.3, -0.25) is 0 Å². The van der Waals surface area contributed by atoms with Crippen molar-refractivity contribution in [3.8, 4) is 17.2 Å². The molecule has 0 unspecified atom stereocenters. The van der Waals surface area contributed by atoms with E-state index in [9.17, 15) is 15.0 Å². The average molecular weight is 504 g/mol. The second kappa shape index (κ2) is 11.6. The summed E-state index contributed by atoms with van der Waals surface area (Å²) < 4.78 is 11.2. The fourth-order valence-electron chi connectivity index (χ4n) is 4.09. The number of methoxy groups -OCH3 is 1. The molecular weight excluding hydrogens is 477 g/mol. The average Bonchev–Trinajstić information content (AvgIpc) is 2.82. The van der Waals surface area contributed by atoms with Gasteiger partial charge >= 0.3 is 5.97 Å². The van der Waals surface area contributed by atoms with Crippen LogP contribution in [0.15, 0.2) is 60.7 Å². The van der Waals surface area contributed by atoms with Crippen molar-refractivity contribution in [3.63, 3.8) is 0 Å². The summed E-state index contributed by atoms with van der Waals surface area (Å²) in [6.45, 7) is 0.443. The van der Waals surface area contributed by atoms with Crippen molar-refractivity contribution in [2.75, 3.05) is 13.7 Å². The van der Waals surface area contributed by atoms with Gasteiger partial charge in [0.15, 0.2) is 0 Å². The molecule has 0 bridgehead atoms. The summed E-state index contributed by atoms with van der Waals surface area (Å²) in [4.78, 5) is 11.4. The van der Waals surface area contributed by atoms with Gasteiger partial charge in [0.25, 0.3) is 0 Å². The van der Waals surface area contributed by atoms with Gasteiger partial charge < -0.3 is 25.0 Å². The lowest BCUT2D eigenvalue weighted by atomic mass is 9.88. The molecular formula is C26H27Cl2NO5. The van der Waals surface area contributed by atoms with E-state index in [1.165, 1.54) is 30.4 Å². The van der Waals surface area contributed by atoms with Crippen molar-refractivity contribution in [1.82, 2.24) is 5.32 Å². The Balaban J connectivity index is 0.00000324. The van der Waals surface area contributed by atoms with Gasteiger partial charge in [0.05, 0.1) is 18.8 Å². The Morgan fingerprint density at radius 3 is 2.62 bits per heavy atom. The zero-order valence-corrected chi connectivity index (χ0v) is 20.2. The molecule has 0 radical (unpaired) electrons. The summed E-state index contributed by atoms with van der Waals surface area (Å²) >= 11 is 6.03. The number of carbonyl (C=O) groups is 1. The van der Waals surface area contributed by atoms with E-state index in [0.717, 1.165) is 24.8 Å². The Labute approximate surface area is 209 Å². The number of hydrogen-bond acceptors (Lipinski definition) is 5. The Morgan fingerprint density at radius 2 is 1.88 bits per heavy atom. The summed E-state index contributed by atoms with van der Waals surface area (Å²) in [5.74, 6) is 0.420. The van der Waals surface area contributed by atoms with Crippen LogP contribution in [0.3, 0.4) is 0 Å². The molecule has 0 aromatic heterocycles. The number of carboxylic acids is 1. The van der Waals surface area contributed by atoms with Crippen LogP contribution >= 0.6 is 24.0 Å². The maximum absolute atomic E-state index is 11.4. The molecule has 1 aliphatic carbocycles. The van der Waals surface area contributed by atoms with E-state index in [1.54, 1.807) is 18.2 Å². The number of fused-ring (bicyclic) bond motifs is 1. The highest BCUT2D eigenvalue weighted by Crippen LogP contribution is 2.31. The number of benzene rings is 3. The van der Waals surface area contributed by atoms with E-state index in [1.807, 2.05) is 24.3 Å². The first-order valence-electron chi connectivity index (χ1n) is 10.8. The van der Waals surface area contributed by atoms with Crippen LogP contribution in [0.2, 0.25) is 5.02 Å². The highest BCUT2D eigenvalue weighted by Gasteiger charge is 2.20. The Morgan fingerprint density at radius 1 is 1.09 bits per heavy atom. The van der Waals surface area contributed by atoms with Gasteiger partial charge in [-0.15, -0.1) is 12.4 Å². The summed E-state index contributed by atoms with van der Waals surface area (Å²) in [6.07, 6.45) is 2.10. The molecule has 0 amide bonds. The van der Waals surface area contributed by atoms with Crippen LogP contribution in [-0.2, 0) is 12.8 Å². The standard InChI is InChI=1S/C26H26ClNO5.ClH/c1-32-23-12-19(26(30)31)13-24(14-23)33-22-8-6-16-5-7-21(10-18(16)11-22)28-15-25(29)17-3-2-4-20(27)9-17;/h2-4,6,8-9,11-14,21,25,28-29H,5,7,10,15H2,1H3,(H,30,31);1H/t21-,25+;/m0./s1. The molecule has 0 aliphatic heterocycles. The van der Waals surface area contributed by atoms with Gasteiger partial charge in [0, 0.05) is 23.7 Å². The quantitative estimate of drug-likeness (QED) is 0.379. The van der Waals surface area contributed by atoms with Crippen molar-refractivity contribution in [1.29, 1.82) is 0 Å². The van der Waals surface area contributed by atoms with Crippen LogP contribution in [0.1, 0.15) is 39.6 Å². The maximum atomic E-state index is 11.4. The fraction of sp³-hybridized carbons (Fsp3) is 0.269. The SMILES string of the molecule is COc1cc(Oc2ccc3c(c2)C[C@@H](NC[C@@H](O)c2cccc(Cl)c2)CC3)cc(C(=O)O)c1.Cl. The van der Waals surface area contributed by atoms with Crippen molar-refractivity contribution >= 4 is 30.0 Å². The molecule has 3 aromatic carbocycles. The number of aliphatic hydroxyl groups is 1. The molecule has 3 aromatic rings. The molecule has 0 saturated heterocycles. The molecule has 0 heterocycles. The molecule has 3 N–H and O–H groups in total. The fourth-order valence-corrected chi connectivity index (χ4v) is 4.29. The number of halogens is 2. The van der Waals surface area contributed by atoms with Crippen LogP contribution in [0.25, 0.3) is 0 Å². The zero-order chi connectivity index (χ0) is 23.4. The van der Waals surface area contributed by atoms with E-state index in [-0.39, 0.29) is 24.0 Å². The molecule has 6 nitrogen and oxygen atoms in total. The third-order valence-electron chi connectivity index (χ3n) is 5.84. The zero-order valence-electron chi connectivity index (χ0n) is 18.7. The van der Waals surface area contributed by atoms with Crippen LogP contribution in [0.5, 0.6) is 17.2 Å². The number of carboxylic acid groups (broad SMARTS) is 1. The predicted molar refractivity (Wildman–Crippen MR) is 134 cm³/mol. The molecule has 0 fully saturated rings. The van der Waals surface area contributed by atoms with E-state index in [2.05, 4.69) is 11.4 Å². The number of rotatable bonds is 8. The van der Waals surface area contributed by atoms with Crippen LogP contribution in [-0.4, -0.2) is 35.9 Å². The first-order valence-corrected chi connectivity index (χ1v) is 11.2. The topological polar surface area (TPSA) is 88.0 Å².